The van der Waals surface area contributed by atoms with Crippen LogP contribution in [0.2, 0.25) is 0 Å². The smallest absolute Gasteiger partial charge is 0.193 e. The van der Waals surface area contributed by atoms with E-state index in [1.807, 2.05) is 54.6 Å². The van der Waals surface area contributed by atoms with E-state index in [0.717, 1.165) is 30.2 Å². The van der Waals surface area contributed by atoms with Gasteiger partial charge in [0.1, 0.15) is 11.5 Å². The summed E-state index contributed by atoms with van der Waals surface area (Å²) in [6, 6.07) is 17.8. The van der Waals surface area contributed by atoms with Crippen molar-refractivity contribution in [3.63, 3.8) is 0 Å². The maximum absolute atomic E-state index is 6.26. The van der Waals surface area contributed by atoms with Crippen LogP contribution in [0.5, 0.6) is 11.5 Å². The van der Waals surface area contributed by atoms with Crippen LogP contribution < -0.4 is 15.8 Å². The van der Waals surface area contributed by atoms with Gasteiger partial charge in [-0.1, -0.05) is 30.7 Å². The molecule has 1 heterocycles. The quantitative estimate of drug-likeness (QED) is 0.367. The number of fused-ring (bicyclic) bond motifs is 2. The monoisotopic (exact) mass is 491 g/mol. The molecule has 1 saturated heterocycles. The van der Waals surface area contributed by atoms with Gasteiger partial charge in [-0.15, -0.1) is 24.0 Å². The fourth-order valence-corrected chi connectivity index (χ4v) is 4.98. The van der Waals surface area contributed by atoms with Crippen LogP contribution in [0.1, 0.15) is 25.7 Å². The predicted molar refractivity (Wildman–Crippen MR) is 122 cm³/mol. The second kappa shape index (κ2) is 7.91. The van der Waals surface area contributed by atoms with Gasteiger partial charge in [0.25, 0.3) is 0 Å². The van der Waals surface area contributed by atoms with Gasteiger partial charge >= 0.3 is 0 Å². The summed E-state index contributed by atoms with van der Waals surface area (Å²) in [6.45, 7) is 0.870. The lowest BCUT2D eigenvalue weighted by atomic mass is 9.46. The van der Waals surface area contributed by atoms with Gasteiger partial charge in [-0.2, -0.15) is 0 Å². The first-order valence-corrected chi connectivity index (χ1v) is 9.79. The molecule has 28 heavy (non-hydrogen) atoms. The van der Waals surface area contributed by atoms with Crippen molar-refractivity contribution in [3.05, 3.63) is 54.6 Å². The first kappa shape index (κ1) is 19.5. The van der Waals surface area contributed by atoms with E-state index in [-0.39, 0.29) is 29.4 Å². The van der Waals surface area contributed by atoms with Gasteiger partial charge in [-0.05, 0) is 43.5 Å². The molecule has 2 saturated carbocycles. The number of hydrogen-bond donors (Lipinski definition) is 2. The van der Waals surface area contributed by atoms with Crippen molar-refractivity contribution in [2.24, 2.45) is 22.1 Å². The summed E-state index contributed by atoms with van der Waals surface area (Å²) >= 11 is 0. The summed E-state index contributed by atoms with van der Waals surface area (Å²) in [5, 5.41) is 3.24. The zero-order chi connectivity index (χ0) is 18.3. The third-order valence-corrected chi connectivity index (χ3v) is 6.35. The Hall–Kier alpha value is -1.80. The van der Waals surface area contributed by atoms with E-state index in [2.05, 4.69) is 5.32 Å². The van der Waals surface area contributed by atoms with E-state index in [0.29, 0.717) is 24.0 Å². The van der Waals surface area contributed by atoms with Crippen LogP contribution in [0.4, 0.5) is 5.69 Å². The summed E-state index contributed by atoms with van der Waals surface area (Å²) in [5.41, 5.74) is 7.39. The number of benzene rings is 2. The minimum Gasteiger partial charge on any atom is -0.457 e. The third kappa shape index (κ3) is 3.37. The largest absolute Gasteiger partial charge is 0.457 e. The number of hydrogen-bond acceptors (Lipinski definition) is 3. The van der Waals surface area contributed by atoms with Crippen LogP contribution >= 0.6 is 24.0 Å². The normalized spacial score (nSPS) is 27.1. The predicted octanol–water partition coefficient (Wildman–Crippen LogP) is 4.78. The number of nitrogens with two attached hydrogens (primary N) is 1. The number of para-hydroxylation sites is 1. The van der Waals surface area contributed by atoms with Crippen molar-refractivity contribution < 1.29 is 9.47 Å². The SMILES string of the molecule is I.NC(=NC1C2CCOC2C12CCC2)Nc1cccc(Oc2ccccc2)c1. The molecule has 2 aromatic carbocycles. The third-order valence-electron chi connectivity index (χ3n) is 6.35. The average Bonchev–Trinajstić information content (AvgIpc) is 3.05. The van der Waals surface area contributed by atoms with Gasteiger partial charge in [0, 0.05) is 29.7 Å². The number of anilines is 1. The van der Waals surface area contributed by atoms with Crippen LogP contribution in [0, 0.1) is 11.3 Å². The second-order valence-electron chi connectivity index (χ2n) is 7.86. The Balaban J connectivity index is 0.00000192. The van der Waals surface area contributed by atoms with Crippen LogP contribution in [0.3, 0.4) is 0 Å². The van der Waals surface area contributed by atoms with E-state index in [1.54, 1.807) is 0 Å². The first-order valence-electron chi connectivity index (χ1n) is 9.79. The van der Waals surface area contributed by atoms with Gasteiger partial charge in [-0.3, -0.25) is 0 Å². The number of rotatable bonds is 4. The maximum atomic E-state index is 6.26. The molecule has 1 spiro atoms. The average molecular weight is 491 g/mol. The van der Waals surface area contributed by atoms with Crippen molar-refractivity contribution in [1.82, 2.24) is 0 Å². The van der Waals surface area contributed by atoms with Crippen LogP contribution in [0.15, 0.2) is 59.6 Å². The highest BCUT2D eigenvalue weighted by atomic mass is 127. The second-order valence-corrected chi connectivity index (χ2v) is 7.86. The molecule has 3 atom stereocenters. The van der Waals surface area contributed by atoms with Crippen LogP contribution in [-0.2, 0) is 4.74 Å². The molecule has 0 amide bonds. The molecule has 3 aliphatic rings. The molecule has 2 aliphatic carbocycles. The van der Waals surface area contributed by atoms with Crippen molar-refractivity contribution >= 4 is 35.6 Å². The highest BCUT2D eigenvalue weighted by molar-refractivity contribution is 14.0. The Kier molecular flexibility index (Phi) is 5.51. The molecule has 3 N–H and O–H groups in total. The Bertz CT molecular complexity index is 854. The van der Waals surface area contributed by atoms with Crippen LogP contribution in [-0.4, -0.2) is 24.7 Å². The molecule has 5 rings (SSSR count). The molecular weight excluding hydrogens is 465 g/mol. The lowest BCUT2D eigenvalue weighted by Crippen LogP contribution is -2.65. The van der Waals surface area contributed by atoms with Gasteiger partial charge in [0.2, 0.25) is 0 Å². The number of halogens is 1. The Labute approximate surface area is 182 Å². The minimum absolute atomic E-state index is 0. The van der Waals surface area contributed by atoms with Gasteiger partial charge in [-0.25, -0.2) is 4.99 Å². The molecule has 148 valence electrons. The Morgan fingerprint density at radius 3 is 2.64 bits per heavy atom. The number of nitrogens with one attached hydrogen (secondary N) is 1. The van der Waals surface area contributed by atoms with Crippen molar-refractivity contribution in [1.29, 1.82) is 0 Å². The lowest BCUT2D eigenvalue weighted by Gasteiger charge is -2.61. The fourth-order valence-electron chi connectivity index (χ4n) is 4.98. The molecule has 3 unspecified atom stereocenters. The summed E-state index contributed by atoms with van der Waals surface area (Å²) < 4.78 is 11.9. The van der Waals surface area contributed by atoms with E-state index in [1.165, 1.54) is 19.3 Å². The van der Waals surface area contributed by atoms with E-state index >= 15 is 0 Å². The zero-order valence-corrected chi connectivity index (χ0v) is 18.0. The summed E-state index contributed by atoms with van der Waals surface area (Å²) in [7, 11) is 0. The van der Waals surface area contributed by atoms with Gasteiger partial charge in [0.15, 0.2) is 5.96 Å². The zero-order valence-electron chi connectivity index (χ0n) is 15.7. The van der Waals surface area contributed by atoms with E-state index in [4.69, 9.17) is 20.2 Å². The molecule has 6 heteroatoms. The van der Waals surface area contributed by atoms with E-state index in [9.17, 15) is 0 Å². The summed E-state index contributed by atoms with van der Waals surface area (Å²) in [6.07, 6.45) is 5.24. The van der Waals surface area contributed by atoms with Crippen molar-refractivity contribution in [2.75, 3.05) is 11.9 Å². The standard InChI is InChI=1S/C22H25N3O2.HI/c23-21(25-19-18-10-13-26-20(18)22(19)11-5-12-22)24-15-6-4-9-17(14-15)27-16-7-2-1-3-8-16;/h1-4,6-9,14,18-20H,5,10-13H2,(H3,23,24,25);1H. The lowest BCUT2D eigenvalue weighted by molar-refractivity contribution is -0.164. The molecule has 0 aromatic heterocycles. The summed E-state index contributed by atoms with van der Waals surface area (Å²) in [5.74, 6) is 2.60. The van der Waals surface area contributed by atoms with Crippen molar-refractivity contribution in [2.45, 2.75) is 37.8 Å². The number of aliphatic imine (C=N–C) groups is 1. The topological polar surface area (TPSA) is 68.9 Å². The molecule has 3 fully saturated rings. The molecular formula is C22H26IN3O2. The molecule has 5 nitrogen and oxygen atoms in total. The number of nitrogens with zero attached hydrogens (tertiary/aromatic N) is 1. The number of guanidine groups is 1. The highest BCUT2D eigenvalue weighted by Gasteiger charge is 2.66. The minimum atomic E-state index is 0. The fraction of sp³-hybridized carbons (Fsp3) is 0.409. The molecule has 1 aliphatic heterocycles. The molecule has 0 radical (unpaired) electrons. The maximum Gasteiger partial charge on any atom is 0.193 e. The summed E-state index contributed by atoms with van der Waals surface area (Å²) in [4.78, 5) is 4.87. The highest BCUT2D eigenvalue weighted by Crippen LogP contribution is 2.64. The first-order chi connectivity index (χ1) is 13.2. The molecule has 0 bridgehead atoms. The van der Waals surface area contributed by atoms with E-state index < -0.39 is 0 Å². The Morgan fingerprint density at radius 2 is 1.89 bits per heavy atom. The van der Waals surface area contributed by atoms with Crippen molar-refractivity contribution in [3.8, 4) is 11.5 Å². The van der Waals surface area contributed by atoms with Crippen LogP contribution in [0.25, 0.3) is 0 Å². The van der Waals surface area contributed by atoms with Gasteiger partial charge in [0.05, 0.1) is 12.1 Å². The molecule has 2 aromatic rings. The Morgan fingerprint density at radius 1 is 1.11 bits per heavy atom. The van der Waals surface area contributed by atoms with Gasteiger partial charge < -0.3 is 20.5 Å². The number of ether oxygens (including phenoxy) is 2.